The number of hydrogen-bond acceptors (Lipinski definition) is 9. The third kappa shape index (κ3) is 9.99. The summed E-state index contributed by atoms with van der Waals surface area (Å²) in [5, 5.41) is 31.2. The summed E-state index contributed by atoms with van der Waals surface area (Å²) in [7, 11) is 0. The lowest BCUT2D eigenvalue weighted by Gasteiger charge is -2.13. The maximum atomic E-state index is 12.3. The Morgan fingerprint density at radius 1 is 1.00 bits per heavy atom. The number of anilines is 1. The van der Waals surface area contributed by atoms with Gasteiger partial charge in [0.05, 0.1) is 5.39 Å². The molecule has 220 valence electrons. The van der Waals surface area contributed by atoms with Crippen molar-refractivity contribution in [2.75, 3.05) is 11.5 Å². The van der Waals surface area contributed by atoms with Gasteiger partial charge in [-0.1, -0.05) is 12.1 Å². The Bertz CT molecular complexity index is 1470. The Labute approximate surface area is 238 Å². The summed E-state index contributed by atoms with van der Waals surface area (Å²) in [4.78, 5) is 76.2. The molecule has 0 saturated heterocycles. The Balaban J connectivity index is 0.000000503. The summed E-state index contributed by atoms with van der Waals surface area (Å²) < 4.78 is 0. The largest absolute Gasteiger partial charge is 0.481 e. The number of aliphatic carboxylic acids is 3. The van der Waals surface area contributed by atoms with Gasteiger partial charge in [-0.25, -0.2) is 9.59 Å². The normalized spacial score (nSPS) is 12.0. The lowest BCUT2D eigenvalue weighted by Crippen LogP contribution is -2.41. The Kier molecular flexibility index (Phi) is 11.9. The van der Waals surface area contributed by atoms with E-state index in [0.717, 1.165) is 11.1 Å². The Morgan fingerprint density at radius 2 is 1.63 bits per heavy atom. The molecule has 9 N–H and O–H groups in total. The van der Waals surface area contributed by atoms with Gasteiger partial charge in [-0.05, 0) is 42.5 Å². The predicted octanol–water partition coefficient (Wildman–Crippen LogP) is 0.172. The van der Waals surface area contributed by atoms with E-state index < -0.39 is 41.5 Å². The molecule has 2 aromatic heterocycles. The third-order valence-corrected chi connectivity index (χ3v) is 6.02. The van der Waals surface area contributed by atoms with Gasteiger partial charge in [0, 0.05) is 30.9 Å². The number of aryl methyl sites for hydroxylation is 2. The van der Waals surface area contributed by atoms with Crippen molar-refractivity contribution in [2.45, 2.75) is 44.7 Å². The number of H-pyrrole nitrogens is 2. The molecular formula is C25H30N6O9S. The first-order valence-corrected chi connectivity index (χ1v) is 12.8. The predicted molar refractivity (Wildman–Crippen MR) is 150 cm³/mol. The van der Waals surface area contributed by atoms with Crippen LogP contribution in [0.1, 0.15) is 41.3 Å². The van der Waals surface area contributed by atoms with Gasteiger partial charge in [0.2, 0.25) is 11.9 Å². The summed E-state index contributed by atoms with van der Waals surface area (Å²) >= 11 is 3.73. The maximum Gasteiger partial charge on any atom is 0.327 e. The van der Waals surface area contributed by atoms with E-state index in [1.54, 1.807) is 30.5 Å². The van der Waals surface area contributed by atoms with Crippen LogP contribution in [-0.4, -0.2) is 77.8 Å². The molecule has 0 spiro atoms. The van der Waals surface area contributed by atoms with Crippen LogP contribution < -0.4 is 21.9 Å². The van der Waals surface area contributed by atoms with Crippen LogP contribution in [-0.2, 0) is 32.0 Å². The Hall–Kier alpha value is -4.86. The van der Waals surface area contributed by atoms with Crippen LogP contribution in [0.2, 0.25) is 0 Å². The van der Waals surface area contributed by atoms with Crippen molar-refractivity contribution in [3.8, 4) is 0 Å². The van der Waals surface area contributed by atoms with Crippen molar-refractivity contribution in [3.63, 3.8) is 0 Å². The minimum atomic E-state index is -1.30. The number of carboxylic acid groups (broad SMARTS) is 3. The van der Waals surface area contributed by atoms with Gasteiger partial charge in [-0.15, -0.1) is 0 Å². The maximum absolute atomic E-state index is 12.3. The molecule has 0 aliphatic carbocycles. The average Bonchev–Trinajstić information content (AvgIpc) is 3.31. The van der Waals surface area contributed by atoms with Crippen molar-refractivity contribution in [1.29, 1.82) is 0 Å². The lowest BCUT2D eigenvalue weighted by atomic mass is 10.0. The number of carbonyl (C=O) groups excluding carboxylic acids is 2. The van der Waals surface area contributed by atoms with Crippen LogP contribution in [0.4, 0.5) is 5.95 Å². The second-order valence-corrected chi connectivity index (χ2v) is 9.12. The molecule has 41 heavy (non-hydrogen) atoms. The van der Waals surface area contributed by atoms with Crippen LogP contribution in [0.3, 0.4) is 0 Å². The lowest BCUT2D eigenvalue weighted by molar-refractivity contribution is -0.141. The molecule has 3 aromatic rings. The molecule has 3 rings (SSSR count). The molecule has 0 unspecified atom stereocenters. The number of rotatable bonds is 12. The third-order valence-electron chi connectivity index (χ3n) is 5.66. The number of carboxylic acids is 3. The zero-order chi connectivity index (χ0) is 30.7. The smallest absolute Gasteiger partial charge is 0.327 e. The highest BCUT2D eigenvalue weighted by Crippen LogP contribution is 2.16. The number of nitrogens with zero attached hydrogens (tertiary/aromatic N) is 1. The molecule has 0 fully saturated rings. The van der Waals surface area contributed by atoms with Crippen LogP contribution in [0.5, 0.6) is 0 Å². The van der Waals surface area contributed by atoms with Gasteiger partial charge < -0.3 is 41.7 Å². The highest BCUT2D eigenvalue weighted by molar-refractivity contribution is 7.80. The fraction of sp³-hybridized carbons (Fsp3) is 0.320. The second-order valence-electron chi connectivity index (χ2n) is 8.76. The SMILES string of the molecule is CC(=O)N[C@@H](CS)C(=O)O.Nc1nc(=O)c2c(CCc3ccc(C(=O)N[C@@H](CCC(=O)O)C(=O)O)cc3)c[nH]c2[nH]1. The highest BCUT2D eigenvalue weighted by atomic mass is 32.1. The van der Waals surface area contributed by atoms with E-state index in [4.69, 9.17) is 21.1 Å². The van der Waals surface area contributed by atoms with Gasteiger partial charge in [0.1, 0.15) is 17.7 Å². The van der Waals surface area contributed by atoms with Crippen molar-refractivity contribution >= 4 is 59.3 Å². The molecule has 0 bridgehead atoms. The van der Waals surface area contributed by atoms with Crippen LogP contribution >= 0.6 is 12.6 Å². The number of aromatic amines is 2. The standard InChI is InChI=1S/C20H21N5O6.C5H9NO3S/c21-20-24-16-15(18(29)25-20)12(9-22-16)6-3-10-1-4-11(5-2-10)17(28)23-13(19(30)31)7-8-14(26)27;1-3(7)6-4(2-10)5(8)9/h1-2,4-5,9,13H,3,6-8H2,(H,23,28)(H,26,27)(H,30,31)(H4,21,22,24,25,29);4,10H,2H2,1H3,(H,6,7)(H,8,9)/t13-;4-/m00/s1. The van der Waals surface area contributed by atoms with Crippen molar-refractivity contribution in [2.24, 2.45) is 0 Å². The van der Waals surface area contributed by atoms with E-state index >= 15 is 0 Å². The monoisotopic (exact) mass is 590 g/mol. The summed E-state index contributed by atoms with van der Waals surface area (Å²) in [6.45, 7) is 1.26. The van der Waals surface area contributed by atoms with Crippen LogP contribution in [0.15, 0.2) is 35.3 Å². The molecule has 2 atom stereocenters. The molecule has 0 aliphatic rings. The van der Waals surface area contributed by atoms with E-state index in [0.29, 0.717) is 23.9 Å². The van der Waals surface area contributed by atoms with Crippen molar-refractivity contribution < 1.29 is 39.3 Å². The van der Waals surface area contributed by atoms with E-state index in [1.807, 2.05) is 0 Å². The average molecular weight is 591 g/mol. The fourth-order valence-electron chi connectivity index (χ4n) is 3.62. The fourth-order valence-corrected chi connectivity index (χ4v) is 3.87. The van der Waals surface area contributed by atoms with Crippen molar-refractivity contribution in [1.82, 2.24) is 25.6 Å². The molecule has 16 heteroatoms. The van der Waals surface area contributed by atoms with Gasteiger partial charge in [-0.2, -0.15) is 17.6 Å². The number of nitrogen functional groups attached to an aromatic ring is 1. The molecular weight excluding hydrogens is 560 g/mol. The zero-order valence-electron chi connectivity index (χ0n) is 21.8. The first-order chi connectivity index (χ1) is 19.3. The number of amides is 2. The van der Waals surface area contributed by atoms with Crippen LogP contribution in [0, 0.1) is 0 Å². The topological polar surface area (TPSA) is 258 Å². The molecule has 15 nitrogen and oxygen atoms in total. The highest BCUT2D eigenvalue weighted by Gasteiger charge is 2.21. The number of nitrogens with two attached hydrogens (primary N) is 1. The first kappa shape index (κ1) is 32.4. The van der Waals surface area contributed by atoms with E-state index in [-0.39, 0.29) is 36.0 Å². The van der Waals surface area contributed by atoms with Gasteiger partial charge >= 0.3 is 17.9 Å². The number of carbonyl (C=O) groups is 5. The number of fused-ring (bicyclic) bond motifs is 1. The van der Waals surface area contributed by atoms with E-state index in [2.05, 4.69) is 38.2 Å². The van der Waals surface area contributed by atoms with Gasteiger partial charge in [-0.3, -0.25) is 19.2 Å². The summed E-state index contributed by atoms with van der Waals surface area (Å²) in [6, 6.07) is 4.43. The van der Waals surface area contributed by atoms with E-state index in [1.165, 1.54) is 6.92 Å². The number of aromatic nitrogens is 3. The van der Waals surface area contributed by atoms with Gasteiger partial charge in [0.25, 0.3) is 11.5 Å². The number of thiol groups is 1. The molecule has 0 aliphatic heterocycles. The van der Waals surface area contributed by atoms with Crippen molar-refractivity contribution in [3.05, 3.63) is 57.5 Å². The van der Waals surface area contributed by atoms with E-state index in [9.17, 15) is 28.8 Å². The summed E-state index contributed by atoms with van der Waals surface area (Å²) in [5.41, 5.74) is 7.59. The quantitative estimate of drug-likeness (QED) is 0.128. The minimum Gasteiger partial charge on any atom is -0.481 e. The van der Waals surface area contributed by atoms with Crippen LogP contribution in [0.25, 0.3) is 11.0 Å². The zero-order valence-corrected chi connectivity index (χ0v) is 22.7. The summed E-state index contributed by atoms with van der Waals surface area (Å²) in [5.74, 6) is -4.32. The molecule has 0 saturated carbocycles. The number of hydrogen-bond donors (Lipinski definition) is 9. The summed E-state index contributed by atoms with van der Waals surface area (Å²) in [6.07, 6.45) is 2.29. The second kappa shape index (κ2) is 15.1. The number of benzene rings is 1. The molecule has 2 amide bonds. The van der Waals surface area contributed by atoms with Gasteiger partial charge in [0.15, 0.2) is 0 Å². The molecule has 1 aromatic carbocycles. The first-order valence-electron chi connectivity index (χ1n) is 12.1. The molecule has 2 heterocycles. The minimum absolute atomic E-state index is 0.0351. The molecule has 0 radical (unpaired) electrons. The number of nitrogens with one attached hydrogen (secondary N) is 4. The Morgan fingerprint density at radius 3 is 2.15 bits per heavy atom.